The molecule has 0 fully saturated rings. The van der Waals surface area contributed by atoms with Crippen molar-refractivity contribution >= 4 is 0 Å². The van der Waals surface area contributed by atoms with Crippen LogP contribution in [-0.2, 0) is 0 Å². The lowest BCUT2D eigenvalue weighted by Gasteiger charge is -2.02. The molecule has 1 N–H and O–H groups in total. The van der Waals surface area contributed by atoms with Crippen LogP contribution in [0.5, 0.6) is 0 Å². The van der Waals surface area contributed by atoms with Crippen molar-refractivity contribution in [3.05, 3.63) is 23.3 Å². The van der Waals surface area contributed by atoms with Gasteiger partial charge < -0.3 is 5.11 Å². The van der Waals surface area contributed by atoms with Crippen LogP contribution in [0.15, 0.2) is 23.3 Å². The van der Waals surface area contributed by atoms with Crippen LogP contribution in [0.3, 0.4) is 0 Å². The van der Waals surface area contributed by atoms with Gasteiger partial charge >= 0.3 is 0 Å². The van der Waals surface area contributed by atoms with Gasteiger partial charge in [-0.15, -0.1) is 0 Å². The van der Waals surface area contributed by atoms with Gasteiger partial charge in [0.2, 0.25) is 0 Å². The molecule has 0 amide bonds. The Morgan fingerprint density at radius 3 is 2.42 bits per heavy atom. The zero-order valence-corrected chi connectivity index (χ0v) is 8.59. The first-order valence-electron chi connectivity index (χ1n) is 4.56. The minimum absolute atomic E-state index is 0.158. The summed E-state index contributed by atoms with van der Waals surface area (Å²) in [5, 5.41) is 8.78. The average molecular weight is 168 g/mol. The maximum atomic E-state index is 8.78. The highest BCUT2D eigenvalue weighted by Gasteiger charge is 1.93. The van der Waals surface area contributed by atoms with Crippen molar-refractivity contribution in [1.29, 1.82) is 0 Å². The largest absolute Gasteiger partial charge is 0.392 e. The summed E-state index contributed by atoms with van der Waals surface area (Å²) in [7, 11) is 0. The molecule has 70 valence electrons. The molecule has 0 bridgehead atoms. The fourth-order valence-corrected chi connectivity index (χ4v) is 1.05. The van der Waals surface area contributed by atoms with E-state index in [-0.39, 0.29) is 6.61 Å². The van der Waals surface area contributed by atoms with Crippen molar-refractivity contribution in [2.24, 2.45) is 5.92 Å². The van der Waals surface area contributed by atoms with E-state index < -0.39 is 0 Å². The van der Waals surface area contributed by atoms with Gasteiger partial charge in [-0.05, 0) is 25.3 Å². The molecule has 0 aromatic heterocycles. The van der Waals surface area contributed by atoms with Gasteiger partial charge in [-0.3, -0.25) is 0 Å². The minimum Gasteiger partial charge on any atom is -0.392 e. The van der Waals surface area contributed by atoms with Gasteiger partial charge in [0.1, 0.15) is 0 Å². The van der Waals surface area contributed by atoms with Gasteiger partial charge in [-0.2, -0.15) is 0 Å². The minimum atomic E-state index is 0.158. The summed E-state index contributed by atoms with van der Waals surface area (Å²) < 4.78 is 0. The van der Waals surface area contributed by atoms with Crippen LogP contribution >= 0.6 is 0 Å². The number of rotatable bonds is 4. The van der Waals surface area contributed by atoms with Gasteiger partial charge in [0.05, 0.1) is 6.61 Å². The zero-order valence-electron chi connectivity index (χ0n) is 8.59. The summed E-state index contributed by atoms with van der Waals surface area (Å²) in [6.45, 7) is 8.55. The quantitative estimate of drug-likeness (QED) is 0.640. The molecular weight excluding hydrogens is 148 g/mol. The van der Waals surface area contributed by atoms with Gasteiger partial charge in [0, 0.05) is 0 Å². The summed E-state index contributed by atoms with van der Waals surface area (Å²) in [6.07, 6.45) is 5.44. The molecule has 0 aromatic carbocycles. The molecule has 0 aliphatic carbocycles. The molecule has 0 aromatic rings. The van der Waals surface area contributed by atoms with Crippen LogP contribution in [0.4, 0.5) is 0 Å². The van der Waals surface area contributed by atoms with Crippen LogP contribution in [-0.4, -0.2) is 11.7 Å². The second kappa shape index (κ2) is 6.01. The maximum Gasteiger partial charge on any atom is 0.0642 e. The normalized spacial score (nSPS) is 16.4. The molecule has 0 aliphatic heterocycles. The average Bonchev–Trinajstić information content (AvgIpc) is 2.03. The van der Waals surface area contributed by atoms with Crippen molar-refractivity contribution in [3.8, 4) is 0 Å². The standard InChI is InChI=1S/C11H20O/c1-5-9(2)6-10(3)7-11(4)8-12/h6-7,9,12H,5,8H2,1-4H3/b10-6-,11-7+. The van der Waals surface area contributed by atoms with Crippen molar-refractivity contribution in [1.82, 2.24) is 0 Å². The molecule has 0 aliphatic rings. The van der Waals surface area contributed by atoms with E-state index in [1.165, 1.54) is 12.0 Å². The summed E-state index contributed by atoms with van der Waals surface area (Å²) in [5.74, 6) is 0.632. The Bertz CT molecular complexity index is 177. The number of hydrogen-bond donors (Lipinski definition) is 1. The number of aliphatic hydroxyl groups is 1. The summed E-state index contributed by atoms with van der Waals surface area (Å²) in [4.78, 5) is 0. The lowest BCUT2D eigenvalue weighted by Crippen LogP contribution is -1.88. The first kappa shape index (κ1) is 11.4. The highest BCUT2D eigenvalue weighted by molar-refractivity contribution is 5.21. The molecule has 1 atom stereocenters. The Balaban J connectivity index is 4.18. The van der Waals surface area contributed by atoms with Crippen molar-refractivity contribution in [2.75, 3.05) is 6.61 Å². The predicted octanol–water partition coefficient (Wildman–Crippen LogP) is 2.92. The third-order valence-electron chi connectivity index (χ3n) is 1.91. The van der Waals surface area contributed by atoms with Crippen LogP contribution in [0.25, 0.3) is 0 Å². The van der Waals surface area contributed by atoms with E-state index in [9.17, 15) is 0 Å². The van der Waals surface area contributed by atoms with Crippen molar-refractivity contribution in [3.63, 3.8) is 0 Å². The molecule has 12 heavy (non-hydrogen) atoms. The van der Waals surface area contributed by atoms with Gasteiger partial charge in [-0.1, -0.05) is 38.0 Å². The van der Waals surface area contributed by atoms with E-state index in [4.69, 9.17) is 5.11 Å². The van der Waals surface area contributed by atoms with Crippen LogP contribution in [0.2, 0.25) is 0 Å². The SMILES string of the molecule is CCC(C)/C=C(C)\C=C(/C)CO. The van der Waals surface area contributed by atoms with Gasteiger partial charge in [-0.25, -0.2) is 0 Å². The number of hydrogen-bond acceptors (Lipinski definition) is 1. The third-order valence-corrected chi connectivity index (χ3v) is 1.91. The molecule has 1 unspecified atom stereocenters. The molecular formula is C11H20O. The van der Waals surface area contributed by atoms with E-state index in [0.717, 1.165) is 5.57 Å². The first-order valence-corrected chi connectivity index (χ1v) is 4.56. The van der Waals surface area contributed by atoms with Crippen LogP contribution < -0.4 is 0 Å². The Labute approximate surface area is 75.8 Å². The van der Waals surface area contributed by atoms with Crippen LogP contribution in [0, 0.1) is 5.92 Å². The fourth-order valence-electron chi connectivity index (χ4n) is 1.05. The highest BCUT2D eigenvalue weighted by atomic mass is 16.3. The highest BCUT2D eigenvalue weighted by Crippen LogP contribution is 2.08. The van der Waals surface area contributed by atoms with Crippen molar-refractivity contribution < 1.29 is 5.11 Å². The van der Waals surface area contributed by atoms with E-state index in [1.807, 2.05) is 13.0 Å². The fraction of sp³-hybridized carbons (Fsp3) is 0.636. The van der Waals surface area contributed by atoms with E-state index in [0.29, 0.717) is 5.92 Å². The Morgan fingerprint density at radius 2 is 2.00 bits per heavy atom. The molecule has 0 saturated heterocycles. The second-order valence-electron chi connectivity index (χ2n) is 3.45. The number of aliphatic hydroxyl groups excluding tert-OH is 1. The summed E-state index contributed by atoms with van der Waals surface area (Å²) in [5.41, 5.74) is 2.27. The molecule has 0 radical (unpaired) electrons. The third kappa shape index (κ3) is 5.14. The first-order chi connectivity index (χ1) is 5.60. The lowest BCUT2D eigenvalue weighted by molar-refractivity contribution is 0.331. The predicted molar refractivity (Wildman–Crippen MR) is 54.1 cm³/mol. The molecule has 0 saturated carbocycles. The Kier molecular flexibility index (Phi) is 5.73. The summed E-state index contributed by atoms with van der Waals surface area (Å²) in [6, 6.07) is 0. The Morgan fingerprint density at radius 1 is 1.42 bits per heavy atom. The van der Waals surface area contributed by atoms with E-state index in [2.05, 4.69) is 26.8 Å². The smallest absolute Gasteiger partial charge is 0.0642 e. The lowest BCUT2D eigenvalue weighted by atomic mass is 10.0. The molecule has 0 rings (SSSR count). The van der Waals surface area contributed by atoms with E-state index in [1.54, 1.807) is 0 Å². The topological polar surface area (TPSA) is 20.2 Å². The monoisotopic (exact) mass is 168 g/mol. The second-order valence-corrected chi connectivity index (χ2v) is 3.45. The molecule has 0 spiro atoms. The zero-order chi connectivity index (χ0) is 9.56. The molecule has 1 nitrogen and oxygen atoms in total. The van der Waals surface area contributed by atoms with Gasteiger partial charge in [0.25, 0.3) is 0 Å². The number of allylic oxidation sites excluding steroid dienone is 3. The molecule has 1 heteroatoms. The molecule has 0 heterocycles. The summed E-state index contributed by atoms with van der Waals surface area (Å²) >= 11 is 0. The maximum absolute atomic E-state index is 8.78. The Hall–Kier alpha value is -0.560. The van der Waals surface area contributed by atoms with Gasteiger partial charge in [0.15, 0.2) is 0 Å². The van der Waals surface area contributed by atoms with E-state index >= 15 is 0 Å². The van der Waals surface area contributed by atoms with Crippen molar-refractivity contribution in [2.45, 2.75) is 34.1 Å². The van der Waals surface area contributed by atoms with Crippen LogP contribution in [0.1, 0.15) is 34.1 Å².